The van der Waals surface area contributed by atoms with Gasteiger partial charge in [-0.1, -0.05) is 11.6 Å². The number of thiophene rings is 1. The molecule has 0 N–H and O–H groups in total. The first-order valence-electron chi connectivity index (χ1n) is 5.29. The normalized spacial score (nSPS) is 17.7. The Morgan fingerprint density at radius 3 is 2.40 bits per heavy atom. The fourth-order valence-corrected chi connectivity index (χ4v) is 4.30. The van der Waals surface area contributed by atoms with Crippen molar-refractivity contribution in [1.29, 1.82) is 0 Å². The molecule has 112 valence electrons. The molecule has 0 saturated carbocycles. The maximum atomic E-state index is 12.6. The van der Waals surface area contributed by atoms with Crippen LogP contribution in [0.5, 0.6) is 0 Å². The largest absolute Gasteiger partial charge is 0.437 e. The number of rotatable bonds is 5. The molecular weight excluding hydrogens is 339 g/mol. The van der Waals surface area contributed by atoms with Crippen molar-refractivity contribution in [3.63, 3.8) is 0 Å². The molecule has 0 amide bonds. The van der Waals surface area contributed by atoms with Crippen molar-refractivity contribution in [1.82, 2.24) is 4.31 Å². The van der Waals surface area contributed by atoms with Crippen LogP contribution in [0.4, 0.5) is 13.2 Å². The van der Waals surface area contributed by atoms with E-state index in [9.17, 15) is 21.6 Å². The average Bonchev–Trinajstić information content (AvgIpc) is 3.01. The number of nitrogens with zero attached hydrogens (tertiary/aromatic N) is 3. The van der Waals surface area contributed by atoms with Crippen LogP contribution in [0.1, 0.15) is 6.42 Å². The highest BCUT2D eigenvalue weighted by Gasteiger charge is 2.63. The third kappa shape index (κ3) is 2.69. The summed E-state index contributed by atoms with van der Waals surface area (Å²) >= 11 is 6.83. The first-order valence-corrected chi connectivity index (χ1v) is 8.05. The number of hydrogen-bond donors (Lipinski definition) is 0. The van der Waals surface area contributed by atoms with E-state index in [1.165, 1.54) is 17.8 Å². The molecule has 0 aliphatic carbocycles. The Labute approximate surface area is 122 Å². The molecule has 0 atom stereocenters. The van der Waals surface area contributed by atoms with Gasteiger partial charge in [0.25, 0.3) is 5.66 Å². The zero-order chi connectivity index (χ0) is 15.2. The van der Waals surface area contributed by atoms with Crippen molar-refractivity contribution >= 4 is 33.0 Å². The van der Waals surface area contributed by atoms with E-state index in [4.69, 9.17) is 11.6 Å². The monoisotopic (exact) mass is 347 g/mol. The highest BCUT2D eigenvalue weighted by Crippen LogP contribution is 2.46. The molecule has 0 fully saturated rings. The van der Waals surface area contributed by atoms with Crippen LogP contribution >= 0.6 is 22.9 Å². The van der Waals surface area contributed by atoms with E-state index in [1.807, 2.05) is 0 Å². The summed E-state index contributed by atoms with van der Waals surface area (Å²) in [6, 6.07) is 0. The van der Waals surface area contributed by atoms with Gasteiger partial charge in [-0.25, -0.2) is 12.7 Å². The van der Waals surface area contributed by atoms with Crippen LogP contribution in [0.3, 0.4) is 0 Å². The first-order chi connectivity index (χ1) is 9.10. The summed E-state index contributed by atoms with van der Waals surface area (Å²) in [7, 11) is -2.72. The van der Waals surface area contributed by atoms with Gasteiger partial charge >= 0.3 is 6.18 Å². The van der Waals surface area contributed by atoms with Crippen LogP contribution in [0.15, 0.2) is 25.9 Å². The van der Waals surface area contributed by atoms with Crippen LogP contribution in [-0.4, -0.2) is 38.2 Å². The molecule has 0 unspecified atom stereocenters. The number of sulfonamides is 1. The quantitative estimate of drug-likeness (QED) is 0.821. The standard InChI is InChI=1S/C9H9ClF3N3O2S2/c1-16(3-2-8(14-15-8)9(11,12)13)20(17,18)7-5-19-4-6(7)10/h4-5H,2-3H2,1H3. The maximum absolute atomic E-state index is 12.6. The lowest BCUT2D eigenvalue weighted by atomic mass is 10.1. The topological polar surface area (TPSA) is 62.1 Å². The Morgan fingerprint density at radius 2 is 2.00 bits per heavy atom. The van der Waals surface area contributed by atoms with Crippen molar-refractivity contribution in [2.24, 2.45) is 10.2 Å². The minimum absolute atomic E-state index is 0.0492. The lowest BCUT2D eigenvalue weighted by Gasteiger charge is -2.20. The van der Waals surface area contributed by atoms with Gasteiger partial charge in [-0.2, -0.15) is 13.2 Å². The molecule has 0 spiro atoms. The Balaban J connectivity index is 2.07. The minimum atomic E-state index is -4.60. The Bertz CT molecular complexity index is 635. The molecule has 0 aromatic carbocycles. The summed E-state index contributed by atoms with van der Waals surface area (Å²) in [5, 5.41) is 8.81. The zero-order valence-corrected chi connectivity index (χ0v) is 12.4. The molecule has 1 aromatic rings. The number of alkyl halides is 3. The predicted molar refractivity (Wildman–Crippen MR) is 67.4 cm³/mol. The van der Waals surface area contributed by atoms with Gasteiger partial charge in [0, 0.05) is 30.8 Å². The fourth-order valence-electron chi connectivity index (χ4n) is 1.47. The first kappa shape index (κ1) is 15.7. The third-order valence-electron chi connectivity index (χ3n) is 2.84. The van der Waals surface area contributed by atoms with Crippen molar-refractivity contribution in [3.8, 4) is 0 Å². The van der Waals surface area contributed by atoms with Gasteiger partial charge in [0.1, 0.15) is 4.90 Å². The highest BCUT2D eigenvalue weighted by molar-refractivity contribution is 7.89. The van der Waals surface area contributed by atoms with Gasteiger partial charge in [-0.05, 0) is 0 Å². The zero-order valence-electron chi connectivity index (χ0n) is 10.1. The van der Waals surface area contributed by atoms with Crippen LogP contribution in [-0.2, 0) is 10.0 Å². The van der Waals surface area contributed by atoms with E-state index in [1.54, 1.807) is 0 Å². The van der Waals surface area contributed by atoms with E-state index in [-0.39, 0.29) is 16.5 Å². The number of halogens is 4. The summed E-state index contributed by atoms with van der Waals surface area (Å²) in [6.45, 7) is -0.360. The molecule has 1 aliphatic rings. The molecule has 20 heavy (non-hydrogen) atoms. The Morgan fingerprint density at radius 1 is 1.40 bits per heavy atom. The SMILES string of the molecule is CN(CCC1(C(F)(F)F)N=N1)S(=O)(=O)c1cscc1Cl. The van der Waals surface area contributed by atoms with E-state index in [2.05, 4.69) is 10.2 Å². The van der Waals surface area contributed by atoms with E-state index >= 15 is 0 Å². The van der Waals surface area contributed by atoms with Gasteiger partial charge in [-0.3, -0.25) is 0 Å². The van der Waals surface area contributed by atoms with E-state index in [0.717, 1.165) is 15.6 Å². The molecular formula is C9H9ClF3N3O2S2. The average molecular weight is 348 g/mol. The molecule has 0 bridgehead atoms. The summed E-state index contributed by atoms with van der Waals surface area (Å²) in [6.07, 6.45) is -5.15. The summed E-state index contributed by atoms with van der Waals surface area (Å²) < 4.78 is 62.8. The molecule has 1 aliphatic heterocycles. The Hall–Kier alpha value is -0.710. The molecule has 5 nitrogen and oxygen atoms in total. The predicted octanol–water partition coefficient (Wildman–Crippen LogP) is 3.14. The van der Waals surface area contributed by atoms with Crippen LogP contribution in [0.25, 0.3) is 0 Å². The summed E-state index contributed by atoms with van der Waals surface area (Å²) in [5.41, 5.74) is -2.45. The van der Waals surface area contributed by atoms with Crippen molar-refractivity contribution in [2.75, 3.05) is 13.6 Å². The summed E-state index contributed by atoms with van der Waals surface area (Å²) in [4.78, 5) is -0.114. The summed E-state index contributed by atoms with van der Waals surface area (Å²) in [5.74, 6) is 0. The highest BCUT2D eigenvalue weighted by atomic mass is 35.5. The molecule has 0 radical (unpaired) electrons. The van der Waals surface area contributed by atoms with Gasteiger partial charge in [0.2, 0.25) is 10.0 Å². The second-order valence-electron chi connectivity index (χ2n) is 4.17. The van der Waals surface area contributed by atoms with Crippen LogP contribution in [0.2, 0.25) is 5.02 Å². The molecule has 0 saturated heterocycles. The lowest BCUT2D eigenvalue weighted by molar-refractivity contribution is -0.165. The van der Waals surface area contributed by atoms with Crippen molar-refractivity contribution < 1.29 is 21.6 Å². The third-order valence-corrected chi connectivity index (χ3v) is 6.18. The van der Waals surface area contributed by atoms with Crippen LogP contribution in [0, 0.1) is 0 Å². The van der Waals surface area contributed by atoms with Gasteiger partial charge in [0.05, 0.1) is 5.02 Å². The minimum Gasteiger partial charge on any atom is -0.207 e. The van der Waals surface area contributed by atoms with Crippen molar-refractivity contribution in [2.45, 2.75) is 23.2 Å². The smallest absolute Gasteiger partial charge is 0.207 e. The maximum Gasteiger partial charge on any atom is 0.437 e. The van der Waals surface area contributed by atoms with Crippen molar-refractivity contribution in [3.05, 3.63) is 15.8 Å². The Kier molecular flexibility index (Phi) is 3.87. The molecule has 11 heteroatoms. The van der Waals surface area contributed by atoms with Crippen LogP contribution < -0.4 is 0 Å². The second kappa shape index (κ2) is 4.93. The van der Waals surface area contributed by atoms with E-state index < -0.39 is 28.3 Å². The molecule has 2 heterocycles. The second-order valence-corrected chi connectivity index (χ2v) is 7.34. The van der Waals surface area contributed by atoms with Gasteiger partial charge in [-0.15, -0.1) is 21.6 Å². The lowest BCUT2D eigenvalue weighted by Crippen LogP contribution is -2.37. The molecule has 2 rings (SSSR count). The molecule has 1 aromatic heterocycles. The fraction of sp³-hybridized carbons (Fsp3) is 0.556. The van der Waals surface area contributed by atoms with E-state index in [0.29, 0.717) is 0 Å². The van der Waals surface area contributed by atoms with Gasteiger partial charge in [0.15, 0.2) is 0 Å². The van der Waals surface area contributed by atoms with Gasteiger partial charge < -0.3 is 0 Å². The number of hydrogen-bond acceptors (Lipinski definition) is 5.